The lowest BCUT2D eigenvalue weighted by Gasteiger charge is -2.28. The molecule has 0 aliphatic rings. The lowest BCUT2D eigenvalue weighted by atomic mass is 10.0. The van der Waals surface area contributed by atoms with E-state index >= 15 is 0 Å². The van der Waals surface area contributed by atoms with E-state index in [1.807, 2.05) is 13.8 Å². The normalized spacial score (nSPS) is 12.1. The fraction of sp³-hybridized carbons (Fsp3) is 0.929. The number of halogens is 1. The summed E-state index contributed by atoms with van der Waals surface area (Å²) in [7, 11) is 1.59. The van der Waals surface area contributed by atoms with Gasteiger partial charge in [-0.05, 0) is 18.8 Å². The molecule has 0 radical (unpaired) electrons. The maximum atomic E-state index is 12.5. The molecule has 0 saturated heterocycles. The van der Waals surface area contributed by atoms with Crippen LogP contribution >= 0.6 is 11.6 Å². The van der Waals surface area contributed by atoms with Crippen LogP contribution in [0.5, 0.6) is 0 Å². The van der Waals surface area contributed by atoms with E-state index in [4.69, 9.17) is 21.1 Å². The lowest BCUT2D eigenvalue weighted by molar-refractivity contribution is -0.150. The first kappa shape index (κ1) is 33.0. The van der Waals surface area contributed by atoms with Crippen molar-refractivity contribution in [2.45, 2.75) is 136 Å². The van der Waals surface area contributed by atoms with Gasteiger partial charge in [-0.25, -0.2) is 9.59 Å². The highest BCUT2D eigenvalue weighted by atomic mass is 35.5. The minimum Gasteiger partial charge on any atom is -0.464 e. The van der Waals surface area contributed by atoms with Crippen LogP contribution in [0.2, 0.25) is 0 Å². The van der Waals surface area contributed by atoms with Gasteiger partial charge in [0.1, 0.15) is 6.04 Å². The second-order valence-electron chi connectivity index (χ2n) is 9.93. The topological polar surface area (TPSA) is 55.8 Å². The van der Waals surface area contributed by atoms with E-state index in [-0.39, 0.29) is 18.5 Å². The summed E-state index contributed by atoms with van der Waals surface area (Å²) < 4.78 is 10.6. The molecule has 5 nitrogen and oxygen atoms in total. The predicted octanol–water partition coefficient (Wildman–Crippen LogP) is 8.51. The van der Waals surface area contributed by atoms with Crippen LogP contribution in [0.4, 0.5) is 4.79 Å². The smallest absolute Gasteiger partial charge is 0.410 e. The van der Waals surface area contributed by atoms with Gasteiger partial charge in [-0.1, -0.05) is 117 Å². The van der Waals surface area contributed by atoms with Crippen LogP contribution in [0, 0.1) is 5.92 Å². The molecule has 1 unspecified atom stereocenters. The fourth-order valence-corrected chi connectivity index (χ4v) is 4.32. The molecule has 1 amide bonds. The summed E-state index contributed by atoms with van der Waals surface area (Å²) in [6.07, 6.45) is 21.1. The van der Waals surface area contributed by atoms with Crippen molar-refractivity contribution in [3.8, 4) is 0 Å². The molecule has 0 fully saturated rings. The molecule has 6 heteroatoms. The highest BCUT2D eigenvalue weighted by Crippen LogP contribution is 2.15. The third-order valence-electron chi connectivity index (χ3n) is 6.32. The fourth-order valence-electron chi connectivity index (χ4n) is 4.22. The number of hydrogen-bond donors (Lipinski definition) is 0. The maximum Gasteiger partial charge on any atom is 0.410 e. The number of alkyl halides is 1. The Labute approximate surface area is 215 Å². The first-order valence-electron chi connectivity index (χ1n) is 14.1. The van der Waals surface area contributed by atoms with Crippen molar-refractivity contribution in [2.24, 2.45) is 5.92 Å². The minimum atomic E-state index is -0.635. The van der Waals surface area contributed by atoms with Crippen LogP contribution < -0.4 is 0 Å². The molecule has 0 saturated carbocycles. The zero-order chi connectivity index (χ0) is 25.4. The van der Waals surface area contributed by atoms with Crippen molar-refractivity contribution in [1.29, 1.82) is 0 Å². The number of hydrogen-bond acceptors (Lipinski definition) is 4. The molecular formula is C28H54ClNO4. The molecule has 0 heterocycles. The monoisotopic (exact) mass is 503 g/mol. The number of ether oxygens (including phenoxy) is 2. The standard InChI is InChI=1S/C28H54ClNO4/c1-5-6-7-8-9-10-11-12-13-14-15-16-17-18-19-20-23-33-27(31)26(25(2)3)30(4)28(32)34-24-21-22-29/h25-26H,5-24H2,1-4H3. The Balaban J connectivity index is 3.69. The molecule has 0 aliphatic heterocycles. The van der Waals surface area contributed by atoms with Crippen molar-refractivity contribution >= 4 is 23.7 Å². The van der Waals surface area contributed by atoms with Crippen molar-refractivity contribution in [3.05, 3.63) is 0 Å². The molecule has 0 spiro atoms. The number of esters is 1. The zero-order valence-corrected chi connectivity index (χ0v) is 23.5. The molecule has 0 aromatic rings. The van der Waals surface area contributed by atoms with E-state index in [1.54, 1.807) is 7.05 Å². The summed E-state index contributed by atoms with van der Waals surface area (Å²) in [6, 6.07) is -0.635. The molecule has 0 rings (SSSR count). The Hall–Kier alpha value is -0.970. The van der Waals surface area contributed by atoms with E-state index in [1.165, 1.54) is 94.8 Å². The highest BCUT2D eigenvalue weighted by Gasteiger charge is 2.32. The third-order valence-corrected chi connectivity index (χ3v) is 6.59. The molecule has 0 bridgehead atoms. The Kier molecular flexibility index (Phi) is 23.1. The Morgan fingerprint density at radius 1 is 0.676 bits per heavy atom. The minimum absolute atomic E-state index is 0.0520. The SMILES string of the molecule is CCCCCCCCCCCCCCCCCCOC(=O)C(C(C)C)N(C)C(=O)OCCCCl. The van der Waals surface area contributed by atoms with Gasteiger partial charge in [-0.2, -0.15) is 0 Å². The largest absolute Gasteiger partial charge is 0.464 e. The van der Waals surface area contributed by atoms with Crippen LogP contribution in [-0.2, 0) is 14.3 Å². The van der Waals surface area contributed by atoms with E-state index in [9.17, 15) is 9.59 Å². The molecule has 1 atom stereocenters. The van der Waals surface area contributed by atoms with Crippen LogP contribution in [-0.4, -0.2) is 49.1 Å². The molecule has 34 heavy (non-hydrogen) atoms. The van der Waals surface area contributed by atoms with Gasteiger partial charge in [0, 0.05) is 12.9 Å². The number of amides is 1. The Bertz CT molecular complexity index is 487. The summed E-state index contributed by atoms with van der Waals surface area (Å²) in [5.74, 6) is 0.0306. The average Bonchev–Trinajstić information content (AvgIpc) is 2.81. The first-order chi connectivity index (χ1) is 16.5. The van der Waals surface area contributed by atoms with E-state index in [2.05, 4.69) is 6.92 Å². The molecule has 0 aliphatic carbocycles. The quantitative estimate of drug-likeness (QED) is 0.0796. The van der Waals surface area contributed by atoms with Gasteiger partial charge < -0.3 is 9.47 Å². The summed E-state index contributed by atoms with van der Waals surface area (Å²) in [5, 5.41) is 0. The summed E-state index contributed by atoms with van der Waals surface area (Å²) in [5.41, 5.74) is 0. The van der Waals surface area contributed by atoms with E-state index in [0.717, 1.165) is 12.8 Å². The van der Waals surface area contributed by atoms with Crippen molar-refractivity contribution in [2.75, 3.05) is 26.1 Å². The van der Waals surface area contributed by atoms with Gasteiger partial charge in [-0.3, -0.25) is 4.90 Å². The highest BCUT2D eigenvalue weighted by molar-refractivity contribution is 6.17. The Morgan fingerprint density at radius 2 is 1.09 bits per heavy atom. The van der Waals surface area contributed by atoms with E-state index in [0.29, 0.717) is 18.9 Å². The van der Waals surface area contributed by atoms with Gasteiger partial charge in [-0.15, -0.1) is 11.6 Å². The van der Waals surface area contributed by atoms with Crippen LogP contribution in [0.25, 0.3) is 0 Å². The van der Waals surface area contributed by atoms with Crippen molar-refractivity contribution in [1.82, 2.24) is 4.90 Å². The zero-order valence-electron chi connectivity index (χ0n) is 22.8. The molecular weight excluding hydrogens is 450 g/mol. The van der Waals surface area contributed by atoms with Gasteiger partial charge in [0.2, 0.25) is 0 Å². The van der Waals surface area contributed by atoms with Crippen LogP contribution in [0.1, 0.15) is 130 Å². The molecule has 202 valence electrons. The second-order valence-corrected chi connectivity index (χ2v) is 10.3. The van der Waals surface area contributed by atoms with Gasteiger partial charge >= 0.3 is 12.1 Å². The maximum absolute atomic E-state index is 12.5. The molecule has 0 aromatic heterocycles. The average molecular weight is 504 g/mol. The number of rotatable bonds is 23. The van der Waals surface area contributed by atoms with Gasteiger partial charge in [0.25, 0.3) is 0 Å². The van der Waals surface area contributed by atoms with Crippen molar-refractivity contribution < 1.29 is 19.1 Å². The van der Waals surface area contributed by atoms with Crippen LogP contribution in [0.3, 0.4) is 0 Å². The molecule has 0 N–H and O–H groups in total. The summed E-state index contributed by atoms with van der Waals surface area (Å²) in [4.78, 5) is 26.0. The second kappa shape index (κ2) is 23.8. The number of carbonyl (C=O) groups excluding carboxylic acids is 2. The Morgan fingerprint density at radius 3 is 1.50 bits per heavy atom. The third kappa shape index (κ3) is 18.4. The van der Waals surface area contributed by atoms with Gasteiger partial charge in [0.15, 0.2) is 0 Å². The molecule has 0 aromatic carbocycles. The summed E-state index contributed by atoms with van der Waals surface area (Å²) >= 11 is 5.61. The van der Waals surface area contributed by atoms with Crippen molar-refractivity contribution in [3.63, 3.8) is 0 Å². The number of unbranched alkanes of at least 4 members (excludes halogenated alkanes) is 15. The number of carbonyl (C=O) groups is 2. The van der Waals surface area contributed by atoms with Gasteiger partial charge in [0.05, 0.1) is 13.2 Å². The van der Waals surface area contributed by atoms with E-state index < -0.39 is 12.1 Å². The summed E-state index contributed by atoms with van der Waals surface area (Å²) in [6.45, 7) is 6.75. The predicted molar refractivity (Wildman–Crippen MR) is 144 cm³/mol. The first-order valence-corrected chi connectivity index (χ1v) is 14.6. The lowest BCUT2D eigenvalue weighted by Crippen LogP contribution is -2.47. The number of nitrogens with zero attached hydrogens (tertiary/aromatic N) is 1. The number of likely N-dealkylation sites (N-methyl/N-ethyl adjacent to an activating group) is 1. The van der Waals surface area contributed by atoms with Crippen LogP contribution in [0.15, 0.2) is 0 Å².